The van der Waals surface area contributed by atoms with E-state index in [1.807, 2.05) is 42.2 Å². The van der Waals surface area contributed by atoms with E-state index in [4.69, 9.17) is 4.74 Å². The highest BCUT2D eigenvalue weighted by molar-refractivity contribution is 5.75. The van der Waals surface area contributed by atoms with Crippen molar-refractivity contribution in [2.24, 2.45) is 0 Å². The molecular formula is C19H24N4O2. The Morgan fingerprint density at radius 1 is 1.12 bits per heavy atom. The maximum atomic E-state index is 12.5. The smallest absolute Gasteiger partial charge is 0.317 e. The van der Waals surface area contributed by atoms with Crippen molar-refractivity contribution >= 4 is 11.7 Å². The van der Waals surface area contributed by atoms with Crippen LogP contribution in [0, 0.1) is 0 Å². The quantitative estimate of drug-likeness (QED) is 0.930. The monoisotopic (exact) mass is 340 g/mol. The highest BCUT2D eigenvalue weighted by atomic mass is 16.5. The second-order valence-electron chi connectivity index (χ2n) is 6.10. The number of aromatic nitrogens is 1. The molecule has 0 unspecified atom stereocenters. The lowest BCUT2D eigenvalue weighted by Gasteiger charge is -2.37. The van der Waals surface area contributed by atoms with Crippen molar-refractivity contribution < 1.29 is 9.53 Å². The molecule has 1 fully saturated rings. The minimum Gasteiger partial charge on any atom is -0.495 e. The summed E-state index contributed by atoms with van der Waals surface area (Å²) in [7, 11) is 1.68. The van der Waals surface area contributed by atoms with Crippen LogP contribution < -0.4 is 15.0 Å². The van der Waals surface area contributed by atoms with Crippen molar-refractivity contribution in [3.05, 3.63) is 54.4 Å². The van der Waals surface area contributed by atoms with Gasteiger partial charge in [0, 0.05) is 38.6 Å². The van der Waals surface area contributed by atoms with Crippen LogP contribution in [0.1, 0.15) is 18.5 Å². The van der Waals surface area contributed by atoms with Crippen molar-refractivity contribution in [1.29, 1.82) is 0 Å². The van der Waals surface area contributed by atoms with Crippen LogP contribution in [0.3, 0.4) is 0 Å². The van der Waals surface area contributed by atoms with E-state index in [0.717, 1.165) is 30.1 Å². The summed E-state index contributed by atoms with van der Waals surface area (Å²) in [6.07, 6.45) is 3.48. The largest absolute Gasteiger partial charge is 0.495 e. The van der Waals surface area contributed by atoms with E-state index >= 15 is 0 Å². The van der Waals surface area contributed by atoms with Gasteiger partial charge in [0.25, 0.3) is 0 Å². The summed E-state index contributed by atoms with van der Waals surface area (Å²) in [5, 5.41) is 3.06. The minimum absolute atomic E-state index is 0.0241. The molecule has 25 heavy (non-hydrogen) atoms. The number of methoxy groups -OCH3 is 1. The van der Waals surface area contributed by atoms with E-state index in [1.165, 1.54) is 0 Å². The van der Waals surface area contributed by atoms with Gasteiger partial charge in [-0.1, -0.05) is 12.1 Å². The summed E-state index contributed by atoms with van der Waals surface area (Å²) in [5.74, 6) is 0.867. The number of carbonyl (C=O) groups is 1. The number of piperazine rings is 1. The first-order valence-corrected chi connectivity index (χ1v) is 8.52. The molecule has 2 amide bonds. The molecule has 6 nitrogen and oxygen atoms in total. The zero-order valence-electron chi connectivity index (χ0n) is 14.7. The van der Waals surface area contributed by atoms with Crippen molar-refractivity contribution in [3.8, 4) is 5.75 Å². The van der Waals surface area contributed by atoms with Gasteiger partial charge in [-0.15, -0.1) is 0 Å². The summed E-state index contributed by atoms with van der Waals surface area (Å²) in [6.45, 7) is 4.94. The molecule has 0 bridgehead atoms. The van der Waals surface area contributed by atoms with E-state index in [-0.39, 0.29) is 12.1 Å². The van der Waals surface area contributed by atoms with Crippen molar-refractivity contribution in [2.45, 2.75) is 13.0 Å². The standard InChI is InChI=1S/C19H24N4O2/c1-15(16-7-9-20-10-8-16)21-19(24)23-13-11-22(12-14-23)17-5-3-4-6-18(17)25-2/h3-10,15H,11-14H2,1-2H3,(H,21,24)/t15-/m0/s1. The predicted octanol–water partition coefficient (Wildman–Crippen LogP) is 2.68. The van der Waals surface area contributed by atoms with E-state index in [0.29, 0.717) is 13.1 Å². The lowest BCUT2D eigenvalue weighted by molar-refractivity contribution is 0.191. The fourth-order valence-electron chi connectivity index (χ4n) is 3.05. The van der Waals surface area contributed by atoms with Gasteiger partial charge in [0.1, 0.15) is 5.75 Å². The molecule has 6 heteroatoms. The summed E-state index contributed by atoms with van der Waals surface area (Å²) in [5.41, 5.74) is 2.13. The molecule has 2 heterocycles. The normalized spacial score (nSPS) is 15.6. The van der Waals surface area contributed by atoms with Crippen molar-refractivity contribution in [3.63, 3.8) is 0 Å². The van der Waals surface area contributed by atoms with Gasteiger partial charge in [-0.2, -0.15) is 0 Å². The zero-order valence-corrected chi connectivity index (χ0v) is 14.7. The third-order valence-corrected chi connectivity index (χ3v) is 4.54. The molecular weight excluding hydrogens is 316 g/mol. The number of pyridine rings is 1. The topological polar surface area (TPSA) is 57.7 Å². The van der Waals surface area contributed by atoms with Crippen molar-refractivity contribution in [1.82, 2.24) is 15.2 Å². The lowest BCUT2D eigenvalue weighted by atomic mass is 10.1. The van der Waals surface area contributed by atoms with E-state index in [1.54, 1.807) is 19.5 Å². The highest BCUT2D eigenvalue weighted by Crippen LogP contribution is 2.28. The molecule has 0 saturated carbocycles. The maximum Gasteiger partial charge on any atom is 0.317 e. The first-order valence-electron chi connectivity index (χ1n) is 8.52. The Balaban J connectivity index is 1.56. The Labute approximate surface area is 148 Å². The third-order valence-electron chi connectivity index (χ3n) is 4.54. The summed E-state index contributed by atoms with van der Waals surface area (Å²) in [6, 6.07) is 11.8. The number of ether oxygens (including phenoxy) is 1. The Morgan fingerprint density at radius 3 is 2.48 bits per heavy atom. The van der Waals surface area contributed by atoms with Gasteiger partial charge in [0.15, 0.2) is 0 Å². The van der Waals surface area contributed by atoms with Crippen LogP contribution in [-0.2, 0) is 0 Å². The van der Waals surface area contributed by atoms with Gasteiger partial charge in [-0.3, -0.25) is 4.98 Å². The van der Waals surface area contributed by atoms with Crippen molar-refractivity contribution in [2.75, 3.05) is 38.2 Å². The number of rotatable bonds is 4. The fraction of sp³-hybridized carbons (Fsp3) is 0.368. The molecule has 0 spiro atoms. The molecule has 0 radical (unpaired) electrons. The summed E-state index contributed by atoms with van der Waals surface area (Å²) < 4.78 is 5.43. The van der Waals surface area contributed by atoms with E-state index in [2.05, 4.69) is 21.3 Å². The average Bonchev–Trinajstić information content (AvgIpc) is 2.68. The molecule has 1 aliphatic heterocycles. The van der Waals surface area contributed by atoms with Crippen LogP contribution in [0.4, 0.5) is 10.5 Å². The Kier molecular flexibility index (Phi) is 5.38. The van der Waals surface area contributed by atoms with E-state index in [9.17, 15) is 4.79 Å². The third kappa shape index (κ3) is 4.02. The number of carbonyl (C=O) groups excluding carboxylic acids is 1. The zero-order chi connectivity index (χ0) is 17.6. The van der Waals surface area contributed by atoms with Crippen LogP contribution >= 0.6 is 0 Å². The molecule has 0 aliphatic carbocycles. The van der Waals surface area contributed by atoms with Gasteiger partial charge in [-0.05, 0) is 36.8 Å². The molecule has 1 atom stereocenters. The number of urea groups is 1. The second-order valence-corrected chi connectivity index (χ2v) is 6.10. The van der Waals surface area contributed by atoms with Gasteiger partial charge in [-0.25, -0.2) is 4.79 Å². The number of nitrogens with one attached hydrogen (secondary N) is 1. The summed E-state index contributed by atoms with van der Waals surface area (Å²) >= 11 is 0. The van der Waals surface area contributed by atoms with Gasteiger partial charge in [0.05, 0.1) is 18.8 Å². The molecule has 1 aliphatic rings. The lowest BCUT2D eigenvalue weighted by Crippen LogP contribution is -2.52. The fourth-order valence-corrected chi connectivity index (χ4v) is 3.05. The molecule has 132 valence electrons. The number of anilines is 1. The van der Waals surface area contributed by atoms with Crippen LogP contribution in [0.25, 0.3) is 0 Å². The first-order chi connectivity index (χ1) is 12.2. The average molecular weight is 340 g/mol. The summed E-state index contributed by atoms with van der Waals surface area (Å²) in [4.78, 5) is 20.6. The second kappa shape index (κ2) is 7.88. The molecule has 1 saturated heterocycles. The maximum absolute atomic E-state index is 12.5. The van der Waals surface area contributed by atoms with Crippen LogP contribution in [0.2, 0.25) is 0 Å². The first kappa shape index (κ1) is 17.1. The molecule has 3 rings (SSSR count). The number of hydrogen-bond donors (Lipinski definition) is 1. The Morgan fingerprint density at radius 2 is 1.80 bits per heavy atom. The SMILES string of the molecule is COc1ccccc1N1CCN(C(=O)N[C@@H](C)c2ccncc2)CC1. The van der Waals surface area contributed by atoms with Gasteiger partial charge >= 0.3 is 6.03 Å². The number of hydrogen-bond acceptors (Lipinski definition) is 4. The number of amides is 2. The Hall–Kier alpha value is -2.76. The van der Waals surface area contributed by atoms with Crippen LogP contribution in [0.5, 0.6) is 5.75 Å². The number of benzene rings is 1. The van der Waals surface area contributed by atoms with Crippen LogP contribution in [0.15, 0.2) is 48.8 Å². The highest BCUT2D eigenvalue weighted by Gasteiger charge is 2.23. The Bertz CT molecular complexity index is 700. The molecule has 1 aromatic carbocycles. The minimum atomic E-state index is -0.0391. The van der Waals surface area contributed by atoms with Crippen LogP contribution in [-0.4, -0.2) is 49.2 Å². The molecule has 1 aromatic heterocycles. The predicted molar refractivity (Wildman–Crippen MR) is 98.0 cm³/mol. The molecule has 1 N–H and O–H groups in total. The molecule has 2 aromatic rings. The van der Waals surface area contributed by atoms with Gasteiger partial charge < -0.3 is 19.9 Å². The number of para-hydroxylation sites is 2. The van der Waals surface area contributed by atoms with E-state index < -0.39 is 0 Å². The van der Waals surface area contributed by atoms with Gasteiger partial charge in [0.2, 0.25) is 0 Å². The number of nitrogens with zero attached hydrogens (tertiary/aromatic N) is 3.